The number of furan rings is 1. The minimum absolute atomic E-state index is 0.130. The van der Waals surface area contributed by atoms with E-state index in [1.807, 2.05) is 5.43 Å². The Labute approximate surface area is 113 Å². The van der Waals surface area contributed by atoms with Crippen LogP contribution in [0.2, 0.25) is 5.02 Å². The number of hydrogen-bond acceptors (Lipinski definition) is 5. The van der Waals surface area contributed by atoms with Crippen LogP contribution in [0, 0.1) is 6.92 Å². The van der Waals surface area contributed by atoms with Crippen LogP contribution in [0.4, 0.5) is 0 Å². The predicted molar refractivity (Wildman–Crippen MR) is 67.7 cm³/mol. The van der Waals surface area contributed by atoms with E-state index in [1.165, 1.54) is 23.0 Å². The van der Waals surface area contributed by atoms with Crippen molar-refractivity contribution in [2.45, 2.75) is 13.5 Å². The molecule has 0 spiro atoms. The summed E-state index contributed by atoms with van der Waals surface area (Å²) in [4.78, 5) is 26.5. The Hall–Kier alpha value is -2.12. The fourth-order valence-corrected chi connectivity index (χ4v) is 1.80. The second-order valence-electron chi connectivity index (χ2n) is 3.84. The van der Waals surface area contributed by atoms with Crippen LogP contribution in [0.3, 0.4) is 0 Å². The third-order valence-electron chi connectivity index (χ3n) is 2.49. The molecule has 0 fully saturated rings. The number of rotatable bonds is 3. The lowest BCUT2D eigenvalue weighted by molar-refractivity contribution is 0.0952. The quantitative estimate of drug-likeness (QED) is 0.483. The van der Waals surface area contributed by atoms with Crippen molar-refractivity contribution in [3.8, 4) is 0 Å². The molecule has 2 rings (SSSR count). The molecule has 0 atom stereocenters. The number of carbonyl (C=O) groups is 1. The van der Waals surface area contributed by atoms with Crippen LogP contribution in [-0.2, 0) is 6.54 Å². The van der Waals surface area contributed by atoms with E-state index >= 15 is 0 Å². The highest BCUT2D eigenvalue weighted by atomic mass is 35.5. The summed E-state index contributed by atoms with van der Waals surface area (Å²) < 4.78 is 6.67. The molecule has 8 heteroatoms. The van der Waals surface area contributed by atoms with Gasteiger partial charge in [0.15, 0.2) is 0 Å². The van der Waals surface area contributed by atoms with Gasteiger partial charge in [-0.05, 0) is 13.0 Å². The average molecular weight is 283 g/mol. The number of carbonyl (C=O) groups excluding carboxylic acids is 1. The van der Waals surface area contributed by atoms with Gasteiger partial charge in [0, 0.05) is 6.20 Å². The molecule has 0 aromatic carbocycles. The summed E-state index contributed by atoms with van der Waals surface area (Å²) >= 11 is 5.76. The molecule has 0 aliphatic carbocycles. The maximum absolute atomic E-state index is 11.5. The number of hydrogen-bond donors (Lipinski definition) is 2. The molecule has 0 saturated carbocycles. The molecule has 0 saturated heterocycles. The minimum Gasteiger partial charge on any atom is -0.464 e. The second-order valence-corrected chi connectivity index (χ2v) is 4.28. The van der Waals surface area contributed by atoms with Crippen LogP contribution >= 0.6 is 11.6 Å². The van der Waals surface area contributed by atoms with Gasteiger partial charge in [0.25, 0.3) is 5.91 Å². The van der Waals surface area contributed by atoms with Crippen molar-refractivity contribution in [3.05, 3.63) is 51.1 Å². The Balaban J connectivity index is 2.32. The first-order valence-corrected chi connectivity index (χ1v) is 5.71. The number of aryl methyl sites for hydroxylation is 1. The molecule has 1 amide bonds. The first kappa shape index (κ1) is 13.3. The zero-order chi connectivity index (χ0) is 14.0. The maximum atomic E-state index is 11.5. The van der Waals surface area contributed by atoms with Crippen LogP contribution in [0.5, 0.6) is 0 Å². The number of nitrogens with one attached hydrogen (secondary N) is 1. The molecule has 19 heavy (non-hydrogen) atoms. The predicted octanol–water partition coefficient (Wildman–Crippen LogP) is 0.450. The van der Waals surface area contributed by atoms with Crippen LogP contribution in [-0.4, -0.2) is 15.5 Å². The van der Waals surface area contributed by atoms with E-state index in [0.717, 1.165) is 0 Å². The lowest BCUT2D eigenvalue weighted by Gasteiger charge is -2.01. The summed E-state index contributed by atoms with van der Waals surface area (Å²) in [5.74, 6) is 5.45. The van der Waals surface area contributed by atoms with Gasteiger partial charge in [-0.1, -0.05) is 11.6 Å². The van der Waals surface area contributed by atoms with Gasteiger partial charge in [-0.3, -0.25) is 14.8 Å². The number of nitrogens with zero attached hydrogens (tertiary/aromatic N) is 2. The highest BCUT2D eigenvalue weighted by Gasteiger charge is 2.14. The lowest BCUT2D eigenvalue weighted by Crippen LogP contribution is -2.30. The summed E-state index contributed by atoms with van der Waals surface area (Å²) in [6.07, 6.45) is 2.71. The first-order chi connectivity index (χ1) is 9.01. The van der Waals surface area contributed by atoms with Crippen LogP contribution in [0.1, 0.15) is 21.9 Å². The van der Waals surface area contributed by atoms with E-state index in [1.54, 1.807) is 6.92 Å². The molecule has 2 heterocycles. The van der Waals surface area contributed by atoms with Crippen molar-refractivity contribution < 1.29 is 9.21 Å². The molecular formula is C11H11ClN4O3. The highest BCUT2D eigenvalue weighted by Crippen LogP contribution is 2.15. The summed E-state index contributed by atoms with van der Waals surface area (Å²) in [5, 5.41) is 0.336. The van der Waals surface area contributed by atoms with Crippen LogP contribution in [0.15, 0.2) is 27.7 Å². The summed E-state index contributed by atoms with van der Waals surface area (Å²) in [7, 11) is 0. The van der Waals surface area contributed by atoms with Crippen molar-refractivity contribution in [1.29, 1.82) is 0 Å². The van der Waals surface area contributed by atoms with Gasteiger partial charge >= 0.3 is 5.69 Å². The number of aromatic nitrogens is 2. The Kier molecular flexibility index (Phi) is 3.68. The smallest absolute Gasteiger partial charge is 0.348 e. The summed E-state index contributed by atoms with van der Waals surface area (Å²) in [6, 6.07) is 1.52. The molecule has 0 aliphatic heterocycles. The maximum Gasteiger partial charge on any atom is 0.348 e. The van der Waals surface area contributed by atoms with Gasteiger partial charge in [-0.2, -0.15) is 0 Å². The normalized spacial score (nSPS) is 10.5. The molecule has 2 aromatic heterocycles. The first-order valence-electron chi connectivity index (χ1n) is 5.33. The van der Waals surface area contributed by atoms with E-state index in [-0.39, 0.29) is 6.54 Å². The van der Waals surface area contributed by atoms with Gasteiger partial charge in [0.2, 0.25) is 0 Å². The molecule has 0 unspecified atom stereocenters. The number of hydrazine groups is 1. The van der Waals surface area contributed by atoms with E-state index < -0.39 is 11.6 Å². The highest BCUT2D eigenvalue weighted by molar-refractivity contribution is 6.30. The van der Waals surface area contributed by atoms with Crippen molar-refractivity contribution in [3.63, 3.8) is 0 Å². The monoisotopic (exact) mass is 282 g/mol. The fourth-order valence-electron chi connectivity index (χ4n) is 1.63. The van der Waals surface area contributed by atoms with Crippen molar-refractivity contribution in [2.75, 3.05) is 0 Å². The molecular weight excluding hydrogens is 272 g/mol. The largest absolute Gasteiger partial charge is 0.464 e. The Morgan fingerprint density at radius 3 is 3.05 bits per heavy atom. The molecule has 3 N–H and O–H groups in total. The number of nitrogens with two attached hydrogens (primary N) is 1. The van der Waals surface area contributed by atoms with Crippen molar-refractivity contribution in [1.82, 2.24) is 15.0 Å². The third-order valence-corrected chi connectivity index (χ3v) is 2.69. The van der Waals surface area contributed by atoms with E-state index in [4.69, 9.17) is 21.9 Å². The van der Waals surface area contributed by atoms with E-state index in [2.05, 4.69) is 4.98 Å². The van der Waals surface area contributed by atoms with Gasteiger partial charge in [0.1, 0.15) is 11.5 Å². The van der Waals surface area contributed by atoms with Gasteiger partial charge in [0.05, 0.1) is 23.3 Å². The fraction of sp³-hybridized carbons (Fsp3) is 0.182. The zero-order valence-electron chi connectivity index (χ0n) is 10.0. The van der Waals surface area contributed by atoms with Gasteiger partial charge < -0.3 is 4.42 Å². The summed E-state index contributed by atoms with van der Waals surface area (Å²) in [5.41, 5.74) is 1.88. The average Bonchev–Trinajstić information content (AvgIpc) is 2.74. The topological polar surface area (TPSA) is 103 Å². The Bertz CT molecular complexity index is 677. The second kappa shape index (κ2) is 5.25. The molecule has 0 radical (unpaired) electrons. The van der Waals surface area contributed by atoms with Crippen molar-refractivity contribution >= 4 is 17.5 Å². The van der Waals surface area contributed by atoms with Crippen molar-refractivity contribution in [2.24, 2.45) is 5.84 Å². The Morgan fingerprint density at radius 1 is 1.63 bits per heavy atom. The molecule has 7 nitrogen and oxygen atoms in total. The molecule has 2 aromatic rings. The minimum atomic E-state index is -0.455. The SMILES string of the molecule is Cc1oc(Cn2cc(Cl)cnc2=O)cc1C(=O)NN. The lowest BCUT2D eigenvalue weighted by atomic mass is 10.2. The standard InChI is InChI=1S/C11H11ClN4O3/c1-6-9(10(17)15-13)2-8(19-6)5-16-4-7(12)3-14-11(16)18/h2-4H,5,13H2,1H3,(H,15,17). The Morgan fingerprint density at radius 2 is 2.37 bits per heavy atom. The van der Waals surface area contributed by atoms with Crippen LogP contribution in [0.25, 0.3) is 0 Å². The zero-order valence-corrected chi connectivity index (χ0v) is 10.8. The van der Waals surface area contributed by atoms with Crippen LogP contribution < -0.4 is 17.0 Å². The van der Waals surface area contributed by atoms with E-state index in [9.17, 15) is 9.59 Å². The molecule has 0 bridgehead atoms. The number of nitrogen functional groups attached to an aromatic ring is 1. The molecule has 100 valence electrons. The number of halogens is 1. The number of amides is 1. The van der Waals surface area contributed by atoms with E-state index in [0.29, 0.717) is 22.1 Å². The third kappa shape index (κ3) is 2.83. The summed E-state index contributed by atoms with van der Waals surface area (Å²) in [6.45, 7) is 1.76. The van der Waals surface area contributed by atoms with Gasteiger partial charge in [-0.15, -0.1) is 0 Å². The van der Waals surface area contributed by atoms with Gasteiger partial charge in [-0.25, -0.2) is 15.6 Å². The molecule has 0 aliphatic rings.